The van der Waals surface area contributed by atoms with Gasteiger partial charge in [0.15, 0.2) is 0 Å². The molecule has 0 atom stereocenters. The molecule has 0 aliphatic carbocycles. The van der Waals surface area contributed by atoms with Gasteiger partial charge < -0.3 is 4.90 Å². The van der Waals surface area contributed by atoms with Gasteiger partial charge in [0.25, 0.3) is 0 Å². The Kier molecular flexibility index (Phi) is 8.24. The Morgan fingerprint density at radius 2 is 1.46 bits per heavy atom. The number of piperazine rings is 1. The molecule has 0 radical (unpaired) electrons. The minimum Gasteiger partial charge on any atom is -0.369 e. The van der Waals surface area contributed by atoms with E-state index >= 15 is 0 Å². The summed E-state index contributed by atoms with van der Waals surface area (Å²) in [6.07, 6.45) is 3.76. The van der Waals surface area contributed by atoms with Crippen molar-refractivity contribution in [3.63, 3.8) is 0 Å². The van der Waals surface area contributed by atoms with Gasteiger partial charge >= 0.3 is 0 Å². The minimum absolute atomic E-state index is 0. The maximum Gasteiger partial charge on any atom is 0.123 e. The van der Waals surface area contributed by atoms with E-state index in [1.165, 1.54) is 23.4 Å². The molecule has 1 aromatic heterocycles. The van der Waals surface area contributed by atoms with Gasteiger partial charge in [0.05, 0.1) is 0 Å². The third-order valence-electron chi connectivity index (χ3n) is 4.87. The topological polar surface area (TPSA) is 19.4 Å². The highest BCUT2D eigenvalue weighted by Crippen LogP contribution is 2.21. The van der Waals surface area contributed by atoms with Gasteiger partial charge in [-0.2, -0.15) is 0 Å². The van der Waals surface area contributed by atoms with Crippen LogP contribution in [0.5, 0.6) is 0 Å². The lowest BCUT2D eigenvalue weighted by molar-refractivity contribution is 0.249. The third-order valence-corrected chi connectivity index (χ3v) is 4.87. The lowest BCUT2D eigenvalue weighted by Crippen LogP contribution is -2.45. The fourth-order valence-electron chi connectivity index (χ4n) is 3.44. The Morgan fingerprint density at radius 1 is 0.786 bits per heavy atom. The fraction of sp³-hybridized carbons (Fsp3) is 0.227. The number of nitrogens with zero attached hydrogens (tertiary/aromatic N) is 3. The number of hydrogen-bond acceptors (Lipinski definition) is 3. The second-order valence-electron chi connectivity index (χ2n) is 6.69. The highest BCUT2D eigenvalue weighted by atomic mass is 35.5. The number of aromatic nitrogens is 1. The average Bonchev–Trinajstić information content (AvgIpc) is 2.70. The summed E-state index contributed by atoms with van der Waals surface area (Å²) in [5, 5.41) is 0. The maximum absolute atomic E-state index is 13.1. The molecule has 1 fully saturated rings. The van der Waals surface area contributed by atoms with Crippen LogP contribution in [0.4, 0.5) is 10.1 Å². The van der Waals surface area contributed by atoms with E-state index in [4.69, 9.17) is 0 Å². The highest BCUT2D eigenvalue weighted by molar-refractivity contribution is 5.85. The van der Waals surface area contributed by atoms with E-state index in [1.807, 2.05) is 12.4 Å². The second-order valence-corrected chi connectivity index (χ2v) is 6.69. The van der Waals surface area contributed by atoms with Crippen molar-refractivity contribution in [2.24, 2.45) is 0 Å². The van der Waals surface area contributed by atoms with Crippen molar-refractivity contribution >= 4 is 30.5 Å². The van der Waals surface area contributed by atoms with Crippen LogP contribution in [-0.2, 0) is 6.54 Å². The summed E-state index contributed by atoms with van der Waals surface area (Å²) in [5.41, 5.74) is 4.52. The summed E-state index contributed by atoms with van der Waals surface area (Å²) in [7, 11) is 0. The molecule has 148 valence electrons. The quantitative estimate of drug-likeness (QED) is 0.589. The number of benzene rings is 2. The van der Waals surface area contributed by atoms with Gasteiger partial charge in [0, 0.05) is 56.4 Å². The summed E-state index contributed by atoms with van der Waals surface area (Å²) < 4.78 is 13.1. The largest absolute Gasteiger partial charge is 0.369 e. The van der Waals surface area contributed by atoms with Crippen molar-refractivity contribution in [2.75, 3.05) is 31.1 Å². The van der Waals surface area contributed by atoms with Crippen molar-refractivity contribution < 1.29 is 4.39 Å². The first-order valence-corrected chi connectivity index (χ1v) is 9.00. The van der Waals surface area contributed by atoms with Crippen LogP contribution in [0.3, 0.4) is 0 Å². The molecule has 1 saturated heterocycles. The van der Waals surface area contributed by atoms with Gasteiger partial charge in [-0.05, 0) is 41.5 Å². The van der Waals surface area contributed by atoms with Crippen molar-refractivity contribution in [1.29, 1.82) is 0 Å². The van der Waals surface area contributed by atoms with E-state index in [0.717, 1.165) is 43.9 Å². The smallest absolute Gasteiger partial charge is 0.123 e. The molecular formula is C22H24Cl2FN3. The van der Waals surface area contributed by atoms with E-state index in [0.29, 0.717) is 0 Å². The number of rotatable bonds is 4. The Hall–Kier alpha value is -2.14. The first kappa shape index (κ1) is 22.2. The number of para-hydroxylation sites is 1. The van der Waals surface area contributed by atoms with Gasteiger partial charge in [-0.15, -0.1) is 24.8 Å². The van der Waals surface area contributed by atoms with Crippen LogP contribution in [0, 0.1) is 5.82 Å². The summed E-state index contributed by atoms with van der Waals surface area (Å²) in [4.78, 5) is 9.28. The molecule has 4 rings (SSSR count). The summed E-state index contributed by atoms with van der Waals surface area (Å²) in [6, 6.07) is 19.3. The van der Waals surface area contributed by atoms with Crippen molar-refractivity contribution in [3.05, 3.63) is 84.4 Å². The molecule has 2 aromatic carbocycles. The number of halogens is 3. The molecule has 6 heteroatoms. The van der Waals surface area contributed by atoms with Gasteiger partial charge in [0.1, 0.15) is 5.82 Å². The molecule has 0 saturated carbocycles. The van der Waals surface area contributed by atoms with Crippen LogP contribution in [0.1, 0.15) is 5.56 Å². The third kappa shape index (κ3) is 5.44. The molecule has 0 N–H and O–H groups in total. The molecule has 1 aliphatic rings. The molecule has 2 heterocycles. The number of hydrogen-bond donors (Lipinski definition) is 0. The molecular weight excluding hydrogens is 396 g/mol. The van der Waals surface area contributed by atoms with E-state index < -0.39 is 0 Å². The molecule has 3 aromatic rings. The zero-order chi connectivity index (χ0) is 17.8. The van der Waals surface area contributed by atoms with E-state index in [-0.39, 0.29) is 30.6 Å². The van der Waals surface area contributed by atoms with E-state index in [9.17, 15) is 4.39 Å². The van der Waals surface area contributed by atoms with Gasteiger partial charge in [-0.25, -0.2) is 4.39 Å². The van der Waals surface area contributed by atoms with Gasteiger partial charge in [-0.3, -0.25) is 9.88 Å². The molecule has 0 spiro atoms. The Labute approximate surface area is 178 Å². The standard InChI is InChI=1S/C22H22FN3.2ClH/c23-21-8-6-19(7-9-21)20-14-18(15-24-16-20)17-25-10-12-26(13-11-25)22-4-2-1-3-5-22;;/h1-9,14-16H,10-13,17H2;2*1H. The molecule has 0 unspecified atom stereocenters. The van der Waals surface area contributed by atoms with Gasteiger partial charge in [0.2, 0.25) is 0 Å². The lowest BCUT2D eigenvalue weighted by atomic mass is 10.1. The minimum atomic E-state index is -0.214. The van der Waals surface area contributed by atoms with E-state index in [2.05, 4.69) is 51.2 Å². The van der Waals surface area contributed by atoms with Crippen molar-refractivity contribution in [2.45, 2.75) is 6.54 Å². The van der Waals surface area contributed by atoms with Crippen LogP contribution >= 0.6 is 24.8 Å². The Balaban J connectivity index is 0.00000140. The predicted octanol–water partition coefficient (Wildman–Crippen LogP) is 5.05. The molecule has 28 heavy (non-hydrogen) atoms. The lowest BCUT2D eigenvalue weighted by Gasteiger charge is -2.36. The Morgan fingerprint density at radius 3 is 2.14 bits per heavy atom. The van der Waals surface area contributed by atoms with Crippen LogP contribution in [0.25, 0.3) is 11.1 Å². The van der Waals surface area contributed by atoms with Crippen molar-refractivity contribution in [1.82, 2.24) is 9.88 Å². The number of pyridine rings is 1. The monoisotopic (exact) mass is 419 g/mol. The fourth-order valence-corrected chi connectivity index (χ4v) is 3.44. The maximum atomic E-state index is 13.1. The van der Waals surface area contributed by atoms with Crippen molar-refractivity contribution in [3.8, 4) is 11.1 Å². The Bertz CT molecular complexity index is 851. The van der Waals surface area contributed by atoms with Crippen LogP contribution < -0.4 is 4.90 Å². The highest BCUT2D eigenvalue weighted by Gasteiger charge is 2.17. The molecule has 0 bridgehead atoms. The molecule has 0 amide bonds. The summed E-state index contributed by atoms with van der Waals surface area (Å²) >= 11 is 0. The molecule has 1 aliphatic heterocycles. The second kappa shape index (κ2) is 10.4. The van der Waals surface area contributed by atoms with E-state index in [1.54, 1.807) is 12.1 Å². The van der Waals surface area contributed by atoms with Crippen LogP contribution in [-0.4, -0.2) is 36.1 Å². The predicted molar refractivity (Wildman–Crippen MR) is 118 cm³/mol. The summed E-state index contributed by atoms with van der Waals surface area (Å²) in [6.45, 7) is 5.04. The normalized spacial score (nSPS) is 14.1. The SMILES string of the molecule is Cl.Cl.Fc1ccc(-c2cncc(CN3CCN(c4ccccc4)CC3)c2)cc1. The van der Waals surface area contributed by atoms with Crippen LogP contribution in [0.15, 0.2) is 73.1 Å². The first-order valence-electron chi connectivity index (χ1n) is 9.00. The zero-order valence-electron chi connectivity index (χ0n) is 15.5. The number of anilines is 1. The summed E-state index contributed by atoms with van der Waals surface area (Å²) in [5.74, 6) is -0.214. The van der Waals surface area contributed by atoms with Crippen LogP contribution in [0.2, 0.25) is 0 Å². The zero-order valence-corrected chi connectivity index (χ0v) is 17.1. The average molecular weight is 420 g/mol. The first-order chi connectivity index (χ1) is 12.8. The molecule has 3 nitrogen and oxygen atoms in total. The van der Waals surface area contributed by atoms with Gasteiger partial charge in [-0.1, -0.05) is 30.3 Å².